The summed E-state index contributed by atoms with van der Waals surface area (Å²) in [5.41, 5.74) is 4.09. The number of rotatable bonds is 8. The molecule has 0 aliphatic rings. The molecule has 0 aliphatic carbocycles. The van der Waals surface area contributed by atoms with Gasteiger partial charge in [-0.15, -0.1) is 10.2 Å². The average Bonchev–Trinajstić information content (AvgIpc) is 3.38. The number of aromatic nitrogens is 4. The minimum Gasteiger partial charge on any atom is -0.354 e. The van der Waals surface area contributed by atoms with Gasteiger partial charge in [0.05, 0.1) is 5.75 Å². The summed E-state index contributed by atoms with van der Waals surface area (Å²) in [6, 6.07) is 18.3. The number of carbonyl (C=O) groups excluding carboxylic acids is 1. The van der Waals surface area contributed by atoms with Gasteiger partial charge in [-0.25, -0.2) is 4.39 Å². The minimum atomic E-state index is -0.294. The largest absolute Gasteiger partial charge is 0.354 e. The van der Waals surface area contributed by atoms with E-state index in [0.717, 1.165) is 22.8 Å². The molecule has 0 atom stereocenters. The molecule has 8 heteroatoms. The van der Waals surface area contributed by atoms with Crippen molar-refractivity contribution >= 4 is 17.7 Å². The Morgan fingerprint density at radius 3 is 2.50 bits per heavy atom. The first-order chi connectivity index (χ1) is 15.5. The predicted octanol–water partition coefficient (Wildman–Crippen LogP) is 4.05. The molecular weight excluding hydrogens is 425 g/mol. The van der Waals surface area contributed by atoms with E-state index in [-0.39, 0.29) is 17.5 Å². The zero-order chi connectivity index (χ0) is 22.5. The van der Waals surface area contributed by atoms with Gasteiger partial charge >= 0.3 is 0 Å². The first kappa shape index (κ1) is 21.8. The van der Waals surface area contributed by atoms with Gasteiger partial charge in [0.15, 0.2) is 5.16 Å². The SMILES string of the molecule is Cc1ccc(-n2c(Cc3cccn3C)nnc2SCC(=O)NCc2ccc(F)cc2)cc1. The Morgan fingerprint density at radius 2 is 1.81 bits per heavy atom. The highest BCUT2D eigenvalue weighted by Crippen LogP contribution is 2.24. The van der Waals surface area contributed by atoms with Gasteiger partial charge in [0.1, 0.15) is 11.6 Å². The van der Waals surface area contributed by atoms with Crippen LogP contribution in [0, 0.1) is 12.7 Å². The standard InChI is InChI=1S/C24H24FN5OS/c1-17-5-11-20(12-6-17)30-22(14-21-4-3-13-29(21)2)27-28-24(30)32-16-23(31)26-15-18-7-9-19(25)10-8-18/h3-13H,14-16H2,1-2H3,(H,26,31). The summed E-state index contributed by atoms with van der Waals surface area (Å²) in [4.78, 5) is 12.4. The van der Waals surface area contributed by atoms with Crippen LogP contribution in [0.25, 0.3) is 5.69 Å². The van der Waals surface area contributed by atoms with Crippen LogP contribution in [0.1, 0.15) is 22.6 Å². The lowest BCUT2D eigenvalue weighted by Crippen LogP contribution is -2.24. The number of hydrogen-bond acceptors (Lipinski definition) is 4. The van der Waals surface area contributed by atoms with Gasteiger partial charge < -0.3 is 9.88 Å². The number of nitrogens with zero attached hydrogens (tertiary/aromatic N) is 4. The number of halogens is 1. The van der Waals surface area contributed by atoms with Crippen molar-refractivity contribution in [1.29, 1.82) is 0 Å². The van der Waals surface area contributed by atoms with Gasteiger partial charge in [-0.05, 0) is 48.9 Å². The minimum absolute atomic E-state index is 0.123. The summed E-state index contributed by atoms with van der Waals surface area (Å²) in [5.74, 6) is 0.596. The Hall–Kier alpha value is -3.39. The van der Waals surface area contributed by atoms with E-state index < -0.39 is 0 Å². The van der Waals surface area contributed by atoms with E-state index in [9.17, 15) is 9.18 Å². The Balaban J connectivity index is 1.48. The van der Waals surface area contributed by atoms with Crippen molar-refractivity contribution in [2.24, 2.45) is 7.05 Å². The number of carbonyl (C=O) groups is 1. The second-order valence-corrected chi connectivity index (χ2v) is 8.49. The van der Waals surface area contributed by atoms with E-state index in [1.807, 2.05) is 55.1 Å². The number of aryl methyl sites for hydroxylation is 2. The van der Waals surface area contributed by atoms with E-state index in [1.165, 1.54) is 29.5 Å². The highest BCUT2D eigenvalue weighted by Gasteiger charge is 2.17. The van der Waals surface area contributed by atoms with Crippen LogP contribution in [0.4, 0.5) is 4.39 Å². The normalized spacial score (nSPS) is 11.0. The summed E-state index contributed by atoms with van der Waals surface area (Å²) in [6.45, 7) is 2.39. The molecule has 2 aromatic carbocycles. The van der Waals surface area contributed by atoms with E-state index in [1.54, 1.807) is 12.1 Å². The number of benzene rings is 2. The highest BCUT2D eigenvalue weighted by atomic mass is 32.2. The van der Waals surface area contributed by atoms with E-state index in [2.05, 4.69) is 26.1 Å². The molecule has 2 aromatic heterocycles. The lowest BCUT2D eigenvalue weighted by atomic mass is 10.2. The topological polar surface area (TPSA) is 64.7 Å². The second kappa shape index (κ2) is 9.82. The van der Waals surface area contributed by atoms with Crippen LogP contribution in [0.15, 0.2) is 72.0 Å². The van der Waals surface area contributed by atoms with Crippen LogP contribution in [0.5, 0.6) is 0 Å². The third-order valence-corrected chi connectivity index (χ3v) is 6.05. The number of thioether (sulfide) groups is 1. The zero-order valence-electron chi connectivity index (χ0n) is 18.0. The zero-order valence-corrected chi connectivity index (χ0v) is 18.8. The molecule has 164 valence electrons. The van der Waals surface area contributed by atoms with Crippen molar-refractivity contribution in [2.45, 2.75) is 25.0 Å². The first-order valence-corrected chi connectivity index (χ1v) is 11.2. The molecule has 0 unspecified atom stereocenters. The van der Waals surface area contributed by atoms with Gasteiger partial charge in [0.2, 0.25) is 5.91 Å². The molecule has 0 saturated carbocycles. The van der Waals surface area contributed by atoms with Crippen LogP contribution < -0.4 is 5.32 Å². The van der Waals surface area contributed by atoms with Gasteiger partial charge in [-0.2, -0.15) is 0 Å². The Morgan fingerprint density at radius 1 is 1.06 bits per heavy atom. The molecule has 0 aliphatic heterocycles. The summed E-state index contributed by atoms with van der Waals surface area (Å²) in [7, 11) is 2.00. The van der Waals surface area contributed by atoms with Crippen LogP contribution >= 0.6 is 11.8 Å². The summed E-state index contributed by atoms with van der Waals surface area (Å²) in [6.07, 6.45) is 2.63. The van der Waals surface area contributed by atoms with Gasteiger partial charge in [0, 0.05) is 37.6 Å². The Bertz CT molecular complexity index is 1200. The van der Waals surface area contributed by atoms with Crippen molar-refractivity contribution in [3.8, 4) is 5.69 Å². The highest BCUT2D eigenvalue weighted by molar-refractivity contribution is 7.99. The van der Waals surface area contributed by atoms with E-state index in [4.69, 9.17) is 0 Å². The van der Waals surface area contributed by atoms with E-state index in [0.29, 0.717) is 18.1 Å². The first-order valence-electron chi connectivity index (χ1n) is 10.2. The van der Waals surface area contributed by atoms with Crippen LogP contribution in [0.2, 0.25) is 0 Å². The molecule has 2 heterocycles. The lowest BCUT2D eigenvalue weighted by molar-refractivity contribution is -0.118. The van der Waals surface area contributed by atoms with Gasteiger partial charge in [0.25, 0.3) is 0 Å². The molecule has 6 nitrogen and oxygen atoms in total. The fraction of sp³-hybridized carbons (Fsp3) is 0.208. The molecule has 32 heavy (non-hydrogen) atoms. The quantitative estimate of drug-likeness (QED) is 0.412. The monoisotopic (exact) mass is 449 g/mol. The average molecular weight is 450 g/mol. The molecule has 0 spiro atoms. The van der Waals surface area contributed by atoms with Crippen molar-refractivity contribution in [1.82, 2.24) is 24.6 Å². The summed E-state index contributed by atoms with van der Waals surface area (Å²) in [5, 5.41) is 12.3. The second-order valence-electron chi connectivity index (χ2n) is 7.55. The number of hydrogen-bond donors (Lipinski definition) is 1. The molecule has 1 amide bonds. The molecule has 0 radical (unpaired) electrons. The molecule has 0 saturated heterocycles. The predicted molar refractivity (Wildman–Crippen MR) is 123 cm³/mol. The molecule has 1 N–H and O–H groups in total. The maximum absolute atomic E-state index is 13.0. The summed E-state index contributed by atoms with van der Waals surface area (Å²) < 4.78 is 17.1. The molecule has 4 rings (SSSR count). The van der Waals surface area contributed by atoms with Crippen molar-refractivity contribution < 1.29 is 9.18 Å². The molecule has 0 fully saturated rings. The number of amides is 1. The van der Waals surface area contributed by atoms with Gasteiger partial charge in [-0.1, -0.05) is 41.6 Å². The molecule has 4 aromatic rings. The Labute approximate surface area is 190 Å². The molecule has 0 bridgehead atoms. The lowest BCUT2D eigenvalue weighted by Gasteiger charge is -2.11. The van der Waals surface area contributed by atoms with Crippen LogP contribution in [-0.2, 0) is 24.8 Å². The molecular formula is C24H24FN5OS. The van der Waals surface area contributed by atoms with Crippen molar-refractivity contribution in [2.75, 3.05) is 5.75 Å². The maximum atomic E-state index is 13.0. The van der Waals surface area contributed by atoms with Crippen LogP contribution in [-0.4, -0.2) is 31.0 Å². The maximum Gasteiger partial charge on any atom is 0.230 e. The van der Waals surface area contributed by atoms with Crippen LogP contribution in [0.3, 0.4) is 0 Å². The van der Waals surface area contributed by atoms with Crippen molar-refractivity contribution in [3.63, 3.8) is 0 Å². The smallest absolute Gasteiger partial charge is 0.230 e. The Kier molecular flexibility index (Phi) is 6.70. The number of nitrogens with one attached hydrogen (secondary N) is 1. The third kappa shape index (κ3) is 5.26. The third-order valence-electron chi connectivity index (χ3n) is 5.12. The van der Waals surface area contributed by atoms with Gasteiger partial charge in [-0.3, -0.25) is 9.36 Å². The fourth-order valence-corrected chi connectivity index (χ4v) is 4.09. The van der Waals surface area contributed by atoms with Crippen molar-refractivity contribution in [3.05, 3.63) is 95.3 Å². The van der Waals surface area contributed by atoms with E-state index >= 15 is 0 Å². The summed E-state index contributed by atoms with van der Waals surface area (Å²) >= 11 is 1.34. The fourth-order valence-electron chi connectivity index (χ4n) is 3.29.